The monoisotopic (exact) mass is 638 g/mol. The van der Waals surface area contributed by atoms with Crippen molar-refractivity contribution >= 4 is 27.7 Å². The highest BCUT2D eigenvalue weighted by Gasteiger charge is 2.39. The number of halogens is 1. The number of nitrogens with zero attached hydrogens (tertiary/aromatic N) is 4. The van der Waals surface area contributed by atoms with Crippen LogP contribution < -0.4 is 14.4 Å². The van der Waals surface area contributed by atoms with E-state index in [4.69, 9.17) is 24.2 Å². The van der Waals surface area contributed by atoms with E-state index in [1.54, 1.807) is 6.92 Å². The molecule has 0 spiro atoms. The van der Waals surface area contributed by atoms with E-state index in [1.807, 2.05) is 29.2 Å². The zero-order valence-corrected chi connectivity index (χ0v) is 25.8. The average molecular weight is 639 g/mol. The molecule has 2 fully saturated rings. The Morgan fingerprint density at radius 3 is 2.49 bits per heavy atom. The number of fused-ring (bicyclic) bond motifs is 1. The molecule has 0 bridgehead atoms. The van der Waals surface area contributed by atoms with Crippen molar-refractivity contribution in [1.82, 2.24) is 14.3 Å². The van der Waals surface area contributed by atoms with Crippen LogP contribution in [0, 0.1) is 11.7 Å². The number of piperidine rings is 1. The summed E-state index contributed by atoms with van der Waals surface area (Å²) in [6.07, 6.45) is 2.58. The van der Waals surface area contributed by atoms with E-state index in [-0.39, 0.29) is 48.7 Å². The van der Waals surface area contributed by atoms with Crippen molar-refractivity contribution in [2.45, 2.75) is 56.4 Å². The van der Waals surface area contributed by atoms with Gasteiger partial charge >= 0.3 is 5.97 Å². The van der Waals surface area contributed by atoms with Gasteiger partial charge in [-0.1, -0.05) is 0 Å². The first-order valence-corrected chi connectivity index (χ1v) is 16.7. The van der Waals surface area contributed by atoms with E-state index in [9.17, 15) is 22.4 Å². The molecular formula is C32H35FN4O7S. The normalized spacial score (nSPS) is 18.7. The minimum atomic E-state index is -3.96. The number of esters is 1. The number of rotatable bonds is 10. The van der Waals surface area contributed by atoms with Crippen molar-refractivity contribution in [1.29, 1.82) is 0 Å². The van der Waals surface area contributed by atoms with E-state index in [2.05, 4.69) is 0 Å². The molecule has 0 aliphatic carbocycles. The zero-order chi connectivity index (χ0) is 31.6. The van der Waals surface area contributed by atoms with E-state index in [0.29, 0.717) is 74.2 Å². The van der Waals surface area contributed by atoms with Gasteiger partial charge in [0.2, 0.25) is 22.8 Å². The number of benzene rings is 2. The molecule has 2 aromatic carbocycles. The molecule has 0 N–H and O–H groups in total. The number of Topliss-reactive ketones (excluding diaryl/α,β-unsaturated/α-hetero) is 1. The first kappa shape index (κ1) is 30.9. The van der Waals surface area contributed by atoms with E-state index in [0.717, 1.165) is 17.7 Å². The van der Waals surface area contributed by atoms with E-state index in [1.165, 1.54) is 16.4 Å². The summed E-state index contributed by atoms with van der Waals surface area (Å²) in [5.41, 5.74) is 2.08. The lowest BCUT2D eigenvalue weighted by Gasteiger charge is -2.31. The van der Waals surface area contributed by atoms with Crippen LogP contribution in [0.2, 0.25) is 0 Å². The number of aryl methyl sites for hydroxylation is 1. The fourth-order valence-corrected chi connectivity index (χ4v) is 7.72. The second kappa shape index (κ2) is 13.1. The molecular weight excluding hydrogens is 603 g/mol. The maximum Gasteiger partial charge on any atom is 0.309 e. The number of sulfonamides is 1. The molecule has 4 heterocycles. The van der Waals surface area contributed by atoms with Crippen molar-refractivity contribution in [2.24, 2.45) is 5.92 Å². The standard InChI is InChI=1S/C32H35FN4O7S/c1-2-42-31(39)21-13-16-36(17-14-21)32-34-24(19-26(35-32)22-5-12-29-30(18-22)44-20-43-29)8-11-28(38)27-4-3-15-37(27)45(40,41)25-9-6-23(33)7-10-25/h5-7,9-10,12,18-19,21,27H,2-4,8,11,13-17,20H2,1H3/t27-/m0/s1. The molecule has 45 heavy (non-hydrogen) atoms. The third kappa shape index (κ3) is 6.64. The van der Waals surface area contributed by atoms with Gasteiger partial charge in [-0.15, -0.1) is 0 Å². The first-order valence-electron chi connectivity index (χ1n) is 15.2. The SMILES string of the molecule is CCOC(=O)C1CCN(c2nc(CCC(=O)[C@@H]3CCCN3S(=O)(=O)c3ccc(F)cc3)cc(-c3ccc4c(c3)OCO4)n2)CC1. The Hall–Kier alpha value is -4.10. The molecule has 13 heteroatoms. The van der Waals surface area contributed by atoms with Crippen LogP contribution in [0.4, 0.5) is 10.3 Å². The molecule has 0 unspecified atom stereocenters. The van der Waals surface area contributed by atoms with Gasteiger partial charge in [-0.3, -0.25) is 9.59 Å². The van der Waals surface area contributed by atoms with Gasteiger partial charge in [-0.2, -0.15) is 4.31 Å². The predicted molar refractivity (Wildman–Crippen MR) is 162 cm³/mol. The Bertz CT molecular complexity index is 1680. The molecule has 11 nitrogen and oxygen atoms in total. The fourth-order valence-electron chi connectivity index (χ4n) is 6.04. The van der Waals surface area contributed by atoms with Gasteiger partial charge in [0.25, 0.3) is 0 Å². The quantitative estimate of drug-likeness (QED) is 0.299. The van der Waals surface area contributed by atoms with Crippen LogP contribution in [-0.4, -0.2) is 73.5 Å². The number of aromatic nitrogens is 2. The summed E-state index contributed by atoms with van der Waals surface area (Å²) in [6, 6.07) is 11.3. The number of hydrogen-bond acceptors (Lipinski definition) is 10. The minimum Gasteiger partial charge on any atom is -0.466 e. The van der Waals surface area contributed by atoms with E-state index >= 15 is 0 Å². The van der Waals surface area contributed by atoms with Crippen molar-refractivity contribution in [3.8, 4) is 22.8 Å². The highest BCUT2D eigenvalue weighted by molar-refractivity contribution is 7.89. The highest BCUT2D eigenvalue weighted by atomic mass is 32.2. The van der Waals surface area contributed by atoms with Gasteiger partial charge in [-0.05, 0) is 87.6 Å². The van der Waals surface area contributed by atoms with Crippen LogP contribution in [0.5, 0.6) is 11.5 Å². The van der Waals surface area contributed by atoms with Crippen molar-refractivity contribution in [3.63, 3.8) is 0 Å². The smallest absolute Gasteiger partial charge is 0.309 e. The largest absolute Gasteiger partial charge is 0.466 e. The van der Waals surface area contributed by atoms with Crippen molar-refractivity contribution in [2.75, 3.05) is 37.9 Å². The second-order valence-electron chi connectivity index (χ2n) is 11.3. The second-order valence-corrected chi connectivity index (χ2v) is 13.2. The van der Waals surface area contributed by atoms with E-state index < -0.39 is 21.9 Å². The summed E-state index contributed by atoms with van der Waals surface area (Å²) in [7, 11) is -3.96. The van der Waals surface area contributed by atoms with Crippen LogP contribution in [0.15, 0.2) is 53.4 Å². The lowest BCUT2D eigenvalue weighted by Crippen LogP contribution is -2.40. The van der Waals surface area contributed by atoms with Crippen LogP contribution in [0.3, 0.4) is 0 Å². The summed E-state index contributed by atoms with van der Waals surface area (Å²) in [4.78, 5) is 37.4. The molecule has 1 atom stereocenters. The molecule has 3 aliphatic rings. The van der Waals surface area contributed by atoms with Gasteiger partial charge in [0.1, 0.15) is 5.82 Å². The number of carbonyl (C=O) groups excluding carboxylic acids is 2. The average Bonchev–Trinajstić information content (AvgIpc) is 3.74. The summed E-state index contributed by atoms with van der Waals surface area (Å²) in [5, 5.41) is 0. The first-order chi connectivity index (χ1) is 21.7. The summed E-state index contributed by atoms with van der Waals surface area (Å²) >= 11 is 0. The van der Waals surface area contributed by atoms with Gasteiger partial charge in [-0.25, -0.2) is 22.8 Å². The molecule has 0 amide bonds. The van der Waals surface area contributed by atoms with Crippen LogP contribution in [-0.2, 0) is 30.8 Å². The molecule has 3 aliphatic heterocycles. The van der Waals surface area contributed by atoms with Gasteiger partial charge < -0.3 is 19.1 Å². The maximum atomic E-state index is 13.5. The molecule has 238 valence electrons. The molecule has 2 saturated heterocycles. The molecule has 6 rings (SSSR count). The third-order valence-corrected chi connectivity index (χ3v) is 10.4. The molecule has 3 aromatic rings. The maximum absolute atomic E-state index is 13.5. The summed E-state index contributed by atoms with van der Waals surface area (Å²) in [6.45, 7) is 3.66. The zero-order valence-electron chi connectivity index (χ0n) is 25.0. The summed E-state index contributed by atoms with van der Waals surface area (Å²) < 4.78 is 57.5. The summed E-state index contributed by atoms with van der Waals surface area (Å²) in [5.74, 6) is 0.676. The Balaban J connectivity index is 1.21. The van der Waals surface area contributed by atoms with Crippen LogP contribution in [0.25, 0.3) is 11.3 Å². The number of ether oxygens (including phenoxy) is 3. The minimum absolute atomic E-state index is 0.0378. The number of anilines is 1. The Kier molecular flexibility index (Phi) is 8.99. The Morgan fingerprint density at radius 1 is 0.978 bits per heavy atom. The van der Waals surface area contributed by atoms with Gasteiger partial charge in [0, 0.05) is 37.3 Å². The Morgan fingerprint density at radius 2 is 1.73 bits per heavy atom. The Labute approximate surface area is 261 Å². The topological polar surface area (TPSA) is 128 Å². The van der Waals surface area contributed by atoms with Crippen LogP contribution >= 0.6 is 0 Å². The lowest BCUT2D eigenvalue weighted by atomic mass is 9.97. The van der Waals surface area contributed by atoms with Crippen LogP contribution in [0.1, 0.15) is 44.7 Å². The molecule has 1 aromatic heterocycles. The molecule has 0 saturated carbocycles. The number of ketones is 1. The van der Waals surface area contributed by atoms with Crippen molar-refractivity contribution in [3.05, 3.63) is 60.0 Å². The fraction of sp³-hybridized carbons (Fsp3) is 0.438. The highest BCUT2D eigenvalue weighted by Crippen LogP contribution is 2.36. The predicted octanol–water partition coefficient (Wildman–Crippen LogP) is 4.15. The van der Waals surface area contributed by atoms with Gasteiger partial charge in [0.05, 0.1) is 29.2 Å². The number of carbonyl (C=O) groups is 2. The lowest BCUT2D eigenvalue weighted by molar-refractivity contribution is -0.148. The van der Waals surface area contributed by atoms with Crippen molar-refractivity contribution < 1.29 is 36.6 Å². The molecule has 0 radical (unpaired) electrons. The third-order valence-electron chi connectivity index (χ3n) is 8.46. The number of hydrogen-bond donors (Lipinski definition) is 0. The van der Waals surface area contributed by atoms with Gasteiger partial charge in [0.15, 0.2) is 17.3 Å².